The van der Waals surface area contributed by atoms with Crippen LogP contribution in [-0.4, -0.2) is 17.4 Å². The molecule has 0 unspecified atom stereocenters. The first-order chi connectivity index (χ1) is 9.70. The fourth-order valence-electron chi connectivity index (χ4n) is 2.13. The molecule has 0 aliphatic carbocycles. The summed E-state index contributed by atoms with van der Waals surface area (Å²) < 4.78 is 13.2. The molecule has 2 aromatic rings. The van der Waals surface area contributed by atoms with Gasteiger partial charge in [-0.3, -0.25) is 4.79 Å². The summed E-state index contributed by atoms with van der Waals surface area (Å²) in [5.41, 5.74) is 1.92. The zero-order valence-corrected chi connectivity index (χ0v) is 11.4. The fourth-order valence-corrected chi connectivity index (χ4v) is 2.13. The summed E-state index contributed by atoms with van der Waals surface area (Å²) in [6, 6.07) is 4.67. The van der Waals surface area contributed by atoms with E-state index in [9.17, 15) is 9.18 Å². The molecule has 0 aliphatic rings. The first kappa shape index (κ1) is 14.6. The first-order valence-electron chi connectivity index (χ1n) is 6.86. The van der Waals surface area contributed by atoms with Crippen molar-refractivity contribution in [1.82, 2.24) is 10.3 Å². The van der Waals surface area contributed by atoms with Gasteiger partial charge in [0, 0.05) is 30.1 Å². The summed E-state index contributed by atoms with van der Waals surface area (Å²) in [6.07, 6.45) is 6.72. The van der Waals surface area contributed by atoms with E-state index >= 15 is 0 Å². The van der Waals surface area contributed by atoms with Gasteiger partial charge in [0.2, 0.25) is 5.91 Å². The maximum atomic E-state index is 13.2. The predicted molar refractivity (Wildman–Crippen MR) is 78.5 cm³/mol. The second-order valence-corrected chi connectivity index (χ2v) is 4.74. The van der Waals surface area contributed by atoms with Gasteiger partial charge in [-0.25, -0.2) is 4.39 Å². The molecule has 0 atom stereocenters. The van der Waals surface area contributed by atoms with Crippen LogP contribution in [0.5, 0.6) is 0 Å². The molecule has 2 radical (unpaired) electrons. The van der Waals surface area contributed by atoms with Gasteiger partial charge >= 0.3 is 0 Å². The molecule has 0 saturated heterocycles. The molecule has 1 heterocycles. The quantitative estimate of drug-likeness (QED) is 0.748. The van der Waals surface area contributed by atoms with Gasteiger partial charge in [-0.1, -0.05) is 19.8 Å². The molecule has 4 heteroatoms. The van der Waals surface area contributed by atoms with E-state index in [0.29, 0.717) is 13.0 Å². The summed E-state index contributed by atoms with van der Waals surface area (Å²) in [6.45, 7) is 4.27. The van der Waals surface area contributed by atoms with Crippen LogP contribution < -0.4 is 5.32 Å². The predicted octanol–water partition coefficient (Wildman–Crippen LogP) is 3.17. The zero-order chi connectivity index (χ0) is 14.4. The van der Waals surface area contributed by atoms with Gasteiger partial charge in [0.25, 0.3) is 0 Å². The second kappa shape index (κ2) is 7.08. The van der Waals surface area contributed by atoms with E-state index in [-0.39, 0.29) is 11.7 Å². The molecule has 1 amide bonds. The van der Waals surface area contributed by atoms with Crippen LogP contribution >= 0.6 is 0 Å². The van der Waals surface area contributed by atoms with Gasteiger partial charge in [0.05, 0.1) is 0 Å². The Balaban J connectivity index is 1.84. The van der Waals surface area contributed by atoms with Gasteiger partial charge < -0.3 is 10.3 Å². The molecule has 0 saturated carbocycles. The largest absolute Gasteiger partial charge is 0.361 e. The van der Waals surface area contributed by atoms with Crippen LogP contribution in [0.15, 0.2) is 24.4 Å². The molecular formula is C16H19FN2O. The first-order valence-corrected chi connectivity index (χ1v) is 6.86. The number of hydrogen-bond donors (Lipinski definition) is 2. The fraction of sp³-hybridized carbons (Fsp3) is 0.312. The Morgan fingerprint density at radius 1 is 1.45 bits per heavy atom. The summed E-state index contributed by atoms with van der Waals surface area (Å²) >= 11 is 0. The molecule has 0 spiro atoms. The molecule has 0 aliphatic heterocycles. The zero-order valence-electron chi connectivity index (χ0n) is 11.4. The lowest BCUT2D eigenvalue weighted by atomic mass is 10.1. The van der Waals surface area contributed by atoms with E-state index in [2.05, 4.69) is 17.2 Å². The smallest absolute Gasteiger partial charge is 0.223 e. The van der Waals surface area contributed by atoms with E-state index in [1.54, 1.807) is 12.5 Å². The highest BCUT2D eigenvalue weighted by Crippen LogP contribution is 2.19. The highest BCUT2D eigenvalue weighted by molar-refractivity contribution is 5.85. The minimum Gasteiger partial charge on any atom is -0.361 e. The van der Waals surface area contributed by atoms with Crippen LogP contribution in [0.25, 0.3) is 10.9 Å². The van der Waals surface area contributed by atoms with Crippen molar-refractivity contribution in [3.8, 4) is 0 Å². The lowest BCUT2D eigenvalue weighted by Gasteiger charge is -2.04. The Hall–Kier alpha value is -1.84. The summed E-state index contributed by atoms with van der Waals surface area (Å²) in [4.78, 5) is 14.6. The van der Waals surface area contributed by atoms with Crippen LogP contribution in [0, 0.1) is 19.2 Å². The molecule has 0 fully saturated rings. The Morgan fingerprint density at radius 2 is 2.30 bits per heavy atom. The van der Waals surface area contributed by atoms with E-state index < -0.39 is 0 Å². The molecule has 20 heavy (non-hydrogen) atoms. The van der Waals surface area contributed by atoms with E-state index in [0.717, 1.165) is 35.7 Å². The normalized spacial score (nSPS) is 10.9. The van der Waals surface area contributed by atoms with Crippen LogP contribution in [-0.2, 0) is 11.2 Å². The number of aromatic nitrogens is 1. The minimum atomic E-state index is -0.246. The Morgan fingerprint density at radius 3 is 3.10 bits per heavy atom. The molecule has 1 aromatic heterocycles. The maximum absolute atomic E-state index is 13.2. The maximum Gasteiger partial charge on any atom is 0.223 e. The van der Waals surface area contributed by atoms with Crippen LogP contribution in [0.1, 0.15) is 24.8 Å². The third kappa shape index (κ3) is 3.83. The molecule has 3 nitrogen and oxygen atoms in total. The number of aromatic amines is 1. The number of hydrogen-bond acceptors (Lipinski definition) is 1. The van der Waals surface area contributed by atoms with E-state index in [4.69, 9.17) is 0 Å². The number of carbonyl (C=O) groups excluding carboxylic acids is 1. The van der Waals surface area contributed by atoms with E-state index in [1.807, 2.05) is 6.20 Å². The Kier molecular flexibility index (Phi) is 5.16. The number of benzene rings is 1. The molecule has 106 valence electrons. The van der Waals surface area contributed by atoms with Gasteiger partial charge in [-0.05, 0) is 36.6 Å². The van der Waals surface area contributed by atoms with Crippen molar-refractivity contribution in [3.63, 3.8) is 0 Å². The van der Waals surface area contributed by atoms with Crippen molar-refractivity contribution in [2.75, 3.05) is 6.54 Å². The van der Waals surface area contributed by atoms with Crippen molar-refractivity contribution in [2.45, 2.75) is 25.7 Å². The Bertz CT molecular complexity index is 577. The summed E-state index contributed by atoms with van der Waals surface area (Å²) in [5.74, 6) is -0.298. The summed E-state index contributed by atoms with van der Waals surface area (Å²) in [7, 11) is 0. The second-order valence-electron chi connectivity index (χ2n) is 4.74. The van der Waals surface area contributed by atoms with Crippen molar-refractivity contribution in [3.05, 3.63) is 49.1 Å². The number of rotatable bonds is 7. The number of nitrogens with one attached hydrogen (secondary N) is 2. The number of unbranched alkanes of at least 4 members (excludes halogenated alkanes) is 2. The average Bonchev–Trinajstić information content (AvgIpc) is 2.82. The number of H-pyrrole nitrogens is 1. The number of carbonyl (C=O) groups is 1. The molecule has 2 rings (SSSR count). The number of fused-ring (bicyclic) bond motifs is 1. The molecule has 1 aromatic carbocycles. The molecular weight excluding hydrogens is 255 g/mol. The third-order valence-electron chi connectivity index (χ3n) is 3.21. The Labute approximate surface area is 118 Å². The van der Waals surface area contributed by atoms with Crippen molar-refractivity contribution in [1.29, 1.82) is 0 Å². The minimum absolute atomic E-state index is 0.0514. The van der Waals surface area contributed by atoms with E-state index in [1.165, 1.54) is 12.1 Å². The standard InChI is InChI=1S/C16H19FN2O/c1-2-3-4-5-16(20)18-9-8-12-11-19-15-7-6-13(17)10-14(12)15/h5-7,10-11,19H,1-4,8-9H2,(H,18,20). The van der Waals surface area contributed by atoms with Crippen LogP contribution in [0.2, 0.25) is 0 Å². The summed E-state index contributed by atoms with van der Waals surface area (Å²) in [5, 5.41) is 3.71. The lowest BCUT2D eigenvalue weighted by molar-refractivity contribution is -0.117. The lowest BCUT2D eigenvalue weighted by Crippen LogP contribution is -2.25. The highest BCUT2D eigenvalue weighted by atomic mass is 19.1. The van der Waals surface area contributed by atoms with Crippen molar-refractivity contribution in [2.24, 2.45) is 0 Å². The van der Waals surface area contributed by atoms with Crippen LogP contribution in [0.4, 0.5) is 4.39 Å². The number of halogens is 1. The van der Waals surface area contributed by atoms with Gasteiger partial charge in [0.1, 0.15) is 5.82 Å². The number of amides is 1. The van der Waals surface area contributed by atoms with Crippen LogP contribution in [0.3, 0.4) is 0 Å². The molecule has 0 bridgehead atoms. The molecule has 2 N–H and O–H groups in total. The van der Waals surface area contributed by atoms with Crippen molar-refractivity contribution < 1.29 is 9.18 Å². The average molecular weight is 274 g/mol. The van der Waals surface area contributed by atoms with Gasteiger partial charge in [-0.2, -0.15) is 0 Å². The topological polar surface area (TPSA) is 44.9 Å². The SMILES string of the molecule is [CH2]CCC[CH]C(=O)NCCc1c[nH]c2ccc(F)cc12. The van der Waals surface area contributed by atoms with Gasteiger partial charge in [-0.15, -0.1) is 0 Å². The third-order valence-corrected chi connectivity index (χ3v) is 3.21. The monoisotopic (exact) mass is 274 g/mol. The highest BCUT2D eigenvalue weighted by Gasteiger charge is 2.06. The van der Waals surface area contributed by atoms with Crippen molar-refractivity contribution >= 4 is 16.8 Å². The van der Waals surface area contributed by atoms with Gasteiger partial charge in [0.15, 0.2) is 0 Å².